The van der Waals surface area contributed by atoms with Crippen LogP contribution in [0.2, 0.25) is 0 Å². The molecule has 8 nitrogen and oxygen atoms in total. The van der Waals surface area contributed by atoms with Crippen LogP contribution in [0.25, 0.3) is 0 Å². The van der Waals surface area contributed by atoms with Gasteiger partial charge in [0.25, 0.3) is 0 Å². The van der Waals surface area contributed by atoms with Crippen LogP contribution in [0.3, 0.4) is 0 Å². The number of benzene rings is 2. The lowest BCUT2D eigenvalue weighted by atomic mass is 10.1. The Morgan fingerprint density at radius 1 is 0.844 bits per heavy atom. The van der Waals surface area contributed by atoms with Gasteiger partial charge in [-0.15, -0.1) is 0 Å². The number of carbonyl (C=O) groups is 1. The van der Waals surface area contributed by atoms with Crippen molar-refractivity contribution >= 4 is 5.91 Å². The van der Waals surface area contributed by atoms with Crippen molar-refractivity contribution in [3.8, 4) is 28.7 Å². The summed E-state index contributed by atoms with van der Waals surface area (Å²) < 4.78 is 32.3. The number of hydrogen-bond donors (Lipinski definition) is 1. The SMILES string of the molecule is COCCOc1ccc(C(C)NC(=O)CCc2ccc(OC)c(OC)c2OC)cc1OC. The molecular formula is C24H33NO7. The van der Waals surface area contributed by atoms with Gasteiger partial charge in [0.2, 0.25) is 11.7 Å². The number of methoxy groups -OCH3 is 5. The third-order valence-corrected chi connectivity index (χ3v) is 5.02. The van der Waals surface area contributed by atoms with Crippen LogP contribution in [0.4, 0.5) is 0 Å². The Hall–Kier alpha value is -3.13. The third kappa shape index (κ3) is 6.43. The fraction of sp³-hybridized carbons (Fsp3) is 0.458. The molecule has 0 saturated carbocycles. The molecule has 0 radical (unpaired) electrons. The van der Waals surface area contributed by atoms with Crippen LogP contribution in [0, 0.1) is 0 Å². The molecular weight excluding hydrogens is 414 g/mol. The Morgan fingerprint density at radius 2 is 1.53 bits per heavy atom. The molecule has 0 aliphatic heterocycles. The van der Waals surface area contributed by atoms with Crippen LogP contribution in [0.1, 0.15) is 30.5 Å². The lowest BCUT2D eigenvalue weighted by Crippen LogP contribution is -2.26. The molecule has 1 unspecified atom stereocenters. The van der Waals surface area contributed by atoms with Crippen molar-refractivity contribution < 1.29 is 33.2 Å². The van der Waals surface area contributed by atoms with Crippen LogP contribution in [-0.2, 0) is 16.0 Å². The van der Waals surface area contributed by atoms with Crippen molar-refractivity contribution in [2.24, 2.45) is 0 Å². The molecule has 0 aliphatic carbocycles. The van der Waals surface area contributed by atoms with Crippen molar-refractivity contribution in [1.29, 1.82) is 0 Å². The first-order chi connectivity index (χ1) is 15.5. The minimum Gasteiger partial charge on any atom is -0.493 e. The quantitative estimate of drug-likeness (QED) is 0.470. The molecule has 0 bridgehead atoms. The highest BCUT2D eigenvalue weighted by molar-refractivity contribution is 5.77. The monoisotopic (exact) mass is 447 g/mol. The Kier molecular flexibility index (Phi) is 9.94. The summed E-state index contributed by atoms with van der Waals surface area (Å²) in [4.78, 5) is 12.6. The fourth-order valence-electron chi connectivity index (χ4n) is 3.31. The predicted molar refractivity (Wildman–Crippen MR) is 121 cm³/mol. The van der Waals surface area contributed by atoms with Gasteiger partial charge in [0.15, 0.2) is 23.0 Å². The molecule has 1 amide bonds. The lowest BCUT2D eigenvalue weighted by molar-refractivity contribution is -0.121. The van der Waals surface area contributed by atoms with Crippen LogP contribution < -0.4 is 29.0 Å². The number of hydrogen-bond acceptors (Lipinski definition) is 7. The number of aryl methyl sites for hydroxylation is 1. The zero-order valence-corrected chi connectivity index (χ0v) is 19.7. The van der Waals surface area contributed by atoms with E-state index in [4.69, 9.17) is 28.4 Å². The largest absolute Gasteiger partial charge is 0.493 e. The van der Waals surface area contributed by atoms with E-state index in [1.165, 1.54) is 0 Å². The summed E-state index contributed by atoms with van der Waals surface area (Å²) in [5.74, 6) is 2.83. The minimum absolute atomic E-state index is 0.0753. The number of ether oxygens (including phenoxy) is 6. The molecule has 0 spiro atoms. The smallest absolute Gasteiger partial charge is 0.220 e. The lowest BCUT2D eigenvalue weighted by Gasteiger charge is -2.18. The van der Waals surface area contributed by atoms with Gasteiger partial charge in [-0.2, -0.15) is 0 Å². The molecule has 1 N–H and O–H groups in total. The summed E-state index contributed by atoms with van der Waals surface area (Å²) in [6.45, 7) is 2.84. The Labute approximate surface area is 189 Å². The van der Waals surface area contributed by atoms with Gasteiger partial charge in [0.1, 0.15) is 6.61 Å². The number of nitrogens with one attached hydrogen (secondary N) is 1. The van der Waals surface area contributed by atoms with Gasteiger partial charge < -0.3 is 33.7 Å². The van der Waals surface area contributed by atoms with Gasteiger partial charge in [0, 0.05) is 13.5 Å². The maximum atomic E-state index is 12.6. The molecule has 0 heterocycles. The molecule has 0 aromatic heterocycles. The molecule has 0 aliphatic rings. The molecule has 32 heavy (non-hydrogen) atoms. The summed E-state index contributed by atoms with van der Waals surface area (Å²) >= 11 is 0. The van der Waals surface area contributed by atoms with E-state index >= 15 is 0 Å². The second-order valence-corrected chi connectivity index (χ2v) is 7.03. The molecule has 0 fully saturated rings. The maximum Gasteiger partial charge on any atom is 0.220 e. The summed E-state index contributed by atoms with van der Waals surface area (Å²) in [7, 11) is 7.90. The van der Waals surface area contributed by atoms with Crippen LogP contribution >= 0.6 is 0 Å². The van der Waals surface area contributed by atoms with E-state index < -0.39 is 0 Å². The zero-order valence-electron chi connectivity index (χ0n) is 19.7. The first kappa shape index (κ1) is 25.1. The Bertz CT molecular complexity index is 885. The molecule has 176 valence electrons. The number of rotatable bonds is 13. The van der Waals surface area contributed by atoms with E-state index in [0.29, 0.717) is 54.8 Å². The highest BCUT2D eigenvalue weighted by Crippen LogP contribution is 2.40. The van der Waals surface area contributed by atoms with Gasteiger partial charge >= 0.3 is 0 Å². The van der Waals surface area contributed by atoms with Crippen molar-refractivity contribution in [2.45, 2.75) is 25.8 Å². The van der Waals surface area contributed by atoms with E-state index in [1.807, 2.05) is 31.2 Å². The van der Waals surface area contributed by atoms with Crippen molar-refractivity contribution in [3.63, 3.8) is 0 Å². The summed E-state index contributed by atoms with van der Waals surface area (Å²) in [6.07, 6.45) is 0.795. The second-order valence-electron chi connectivity index (χ2n) is 7.03. The van der Waals surface area contributed by atoms with E-state index in [1.54, 1.807) is 41.6 Å². The Balaban J connectivity index is 2.01. The highest BCUT2D eigenvalue weighted by atomic mass is 16.5. The van der Waals surface area contributed by atoms with Crippen molar-refractivity contribution in [3.05, 3.63) is 41.5 Å². The van der Waals surface area contributed by atoms with Gasteiger partial charge in [-0.1, -0.05) is 12.1 Å². The molecule has 2 rings (SSSR count). The van der Waals surface area contributed by atoms with E-state index in [9.17, 15) is 4.79 Å². The summed E-state index contributed by atoms with van der Waals surface area (Å²) in [5, 5.41) is 3.03. The van der Waals surface area contributed by atoms with Crippen LogP contribution in [0.5, 0.6) is 28.7 Å². The number of amides is 1. The highest BCUT2D eigenvalue weighted by Gasteiger charge is 2.18. The normalized spacial score (nSPS) is 11.4. The van der Waals surface area contributed by atoms with Gasteiger partial charge in [-0.3, -0.25) is 4.79 Å². The van der Waals surface area contributed by atoms with Gasteiger partial charge in [-0.05, 0) is 42.7 Å². The second kappa shape index (κ2) is 12.7. The molecule has 8 heteroatoms. The average Bonchev–Trinajstić information content (AvgIpc) is 2.81. The molecule has 1 atom stereocenters. The maximum absolute atomic E-state index is 12.6. The topological polar surface area (TPSA) is 84.5 Å². The molecule has 2 aromatic rings. The zero-order chi connectivity index (χ0) is 23.5. The standard InChI is InChI=1S/C24H33NO7/c1-16(18-8-10-19(21(15-18)29-4)32-14-13-27-2)25-22(26)12-9-17-7-11-20(28-3)24(31-6)23(17)30-5/h7-8,10-11,15-16H,9,12-14H2,1-6H3,(H,25,26). The Morgan fingerprint density at radius 3 is 2.16 bits per heavy atom. The fourth-order valence-corrected chi connectivity index (χ4v) is 3.31. The predicted octanol–water partition coefficient (Wildman–Crippen LogP) is 3.56. The summed E-state index contributed by atoms with van der Waals surface area (Å²) in [5.41, 5.74) is 1.78. The van der Waals surface area contributed by atoms with E-state index in [-0.39, 0.29) is 11.9 Å². The van der Waals surface area contributed by atoms with E-state index in [0.717, 1.165) is 11.1 Å². The first-order valence-corrected chi connectivity index (χ1v) is 10.4. The van der Waals surface area contributed by atoms with Crippen LogP contribution in [0.15, 0.2) is 30.3 Å². The van der Waals surface area contributed by atoms with Crippen molar-refractivity contribution in [2.75, 3.05) is 48.8 Å². The molecule has 2 aromatic carbocycles. The third-order valence-electron chi connectivity index (χ3n) is 5.02. The average molecular weight is 448 g/mol. The summed E-state index contributed by atoms with van der Waals surface area (Å²) in [6, 6.07) is 9.10. The van der Waals surface area contributed by atoms with Crippen molar-refractivity contribution in [1.82, 2.24) is 5.32 Å². The number of carbonyl (C=O) groups excluding carboxylic acids is 1. The van der Waals surface area contributed by atoms with E-state index in [2.05, 4.69) is 5.32 Å². The van der Waals surface area contributed by atoms with Gasteiger partial charge in [-0.25, -0.2) is 0 Å². The minimum atomic E-state index is -0.197. The first-order valence-electron chi connectivity index (χ1n) is 10.4. The van der Waals surface area contributed by atoms with Gasteiger partial charge in [0.05, 0.1) is 41.1 Å². The van der Waals surface area contributed by atoms with Crippen LogP contribution in [-0.4, -0.2) is 54.7 Å². The molecule has 0 saturated heterocycles.